The summed E-state index contributed by atoms with van der Waals surface area (Å²) in [5.74, 6) is -0.873. The number of aromatic hydroxyl groups is 1. The van der Waals surface area contributed by atoms with Crippen molar-refractivity contribution in [3.8, 4) is 5.75 Å². The van der Waals surface area contributed by atoms with Gasteiger partial charge in [-0.05, 0) is 61.9 Å². The molecule has 12 heteroatoms. The third-order valence-corrected chi connectivity index (χ3v) is 8.04. The molecule has 0 amide bonds. The zero-order valence-corrected chi connectivity index (χ0v) is 19.8. The van der Waals surface area contributed by atoms with Gasteiger partial charge >= 0.3 is 7.60 Å². The summed E-state index contributed by atoms with van der Waals surface area (Å²) in [6.07, 6.45) is 2.85. The molecule has 0 fully saturated rings. The molecule has 0 saturated carbocycles. The van der Waals surface area contributed by atoms with E-state index in [4.69, 9.17) is 9.05 Å². The number of sulfonamides is 1. The SMILES string of the molecule is CCOP(=O)(OCC)C(Nc1ccc(S(=O)(=O)Nc2ncccn2)cc1)c1ccc(O)cc1. The average molecular weight is 492 g/mol. The summed E-state index contributed by atoms with van der Waals surface area (Å²) in [4.78, 5) is 7.71. The standard InChI is InChI=1S/C21H25N4O6PS/c1-3-30-32(27,31-4-2)20(16-6-10-18(26)11-7-16)24-17-8-12-19(13-9-17)33(28,29)25-21-22-14-5-15-23-21/h5-15,20,24,26H,3-4H2,1-2H3,(H,22,23,25). The minimum Gasteiger partial charge on any atom is -0.508 e. The molecule has 2 aromatic carbocycles. The van der Waals surface area contributed by atoms with Gasteiger partial charge in [0.1, 0.15) is 5.75 Å². The molecule has 1 unspecified atom stereocenters. The van der Waals surface area contributed by atoms with Gasteiger partial charge in [-0.25, -0.2) is 23.1 Å². The van der Waals surface area contributed by atoms with Crippen molar-refractivity contribution in [2.24, 2.45) is 0 Å². The molecular formula is C21H25N4O6PS. The minimum absolute atomic E-state index is 0.000476. The van der Waals surface area contributed by atoms with Crippen LogP contribution in [0.2, 0.25) is 0 Å². The van der Waals surface area contributed by atoms with Crippen LogP contribution in [0.1, 0.15) is 25.2 Å². The zero-order valence-electron chi connectivity index (χ0n) is 18.1. The molecule has 3 N–H and O–H groups in total. The molecule has 0 radical (unpaired) electrons. The van der Waals surface area contributed by atoms with Gasteiger partial charge in [-0.15, -0.1) is 0 Å². The van der Waals surface area contributed by atoms with Crippen LogP contribution in [0.15, 0.2) is 71.9 Å². The Morgan fingerprint density at radius 3 is 2.09 bits per heavy atom. The van der Waals surface area contributed by atoms with Gasteiger partial charge in [-0.1, -0.05) is 12.1 Å². The third kappa shape index (κ3) is 6.29. The van der Waals surface area contributed by atoms with Crippen LogP contribution >= 0.6 is 7.60 Å². The Balaban J connectivity index is 1.88. The van der Waals surface area contributed by atoms with Crippen LogP contribution < -0.4 is 10.0 Å². The second-order valence-electron chi connectivity index (χ2n) is 6.72. The van der Waals surface area contributed by atoms with Crippen molar-refractivity contribution in [3.63, 3.8) is 0 Å². The number of benzene rings is 2. The van der Waals surface area contributed by atoms with E-state index in [2.05, 4.69) is 20.0 Å². The molecule has 0 spiro atoms. The molecule has 10 nitrogen and oxygen atoms in total. The van der Waals surface area contributed by atoms with E-state index >= 15 is 0 Å². The maximum Gasteiger partial charge on any atom is 0.357 e. The van der Waals surface area contributed by atoms with Gasteiger partial charge in [0, 0.05) is 18.1 Å². The largest absolute Gasteiger partial charge is 0.508 e. The van der Waals surface area contributed by atoms with E-state index in [1.54, 1.807) is 32.0 Å². The van der Waals surface area contributed by atoms with E-state index in [0.29, 0.717) is 11.3 Å². The molecule has 33 heavy (non-hydrogen) atoms. The summed E-state index contributed by atoms with van der Waals surface area (Å²) in [6, 6.07) is 13.6. The molecule has 0 saturated heterocycles. The van der Waals surface area contributed by atoms with Crippen molar-refractivity contribution >= 4 is 29.3 Å². The number of anilines is 2. The maximum absolute atomic E-state index is 13.5. The van der Waals surface area contributed by atoms with E-state index in [1.807, 2.05) is 0 Å². The Kier molecular flexibility index (Phi) is 8.04. The quantitative estimate of drug-likeness (QED) is 0.333. The Hall–Kier alpha value is -2.98. The summed E-state index contributed by atoms with van der Waals surface area (Å²) in [6.45, 7) is 3.75. The summed E-state index contributed by atoms with van der Waals surface area (Å²) in [5.41, 5.74) is 1.06. The number of aromatic nitrogens is 2. The Morgan fingerprint density at radius 2 is 1.55 bits per heavy atom. The van der Waals surface area contributed by atoms with E-state index in [0.717, 1.165) is 0 Å². The Labute approximate surface area is 192 Å². The lowest BCUT2D eigenvalue weighted by Gasteiger charge is -2.28. The molecule has 0 aliphatic heterocycles. The fourth-order valence-electron chi connectivity index (χ4n) is 2.97. The second-order valence-corrected chi connectivity index (χ2v) is 10.5. The highest BCUT2D eigenvalue weighted by Crippen LogP contribution is 2.60. The number of hydrogen-bond donors (Lipinski definition) is 3. The van der Waals surface area contributed by atoms with Crippen LogP contribution in [0.5, 0.6) is 5.75 Å². The molecule has 3 rings (SSSR count). The van der Waals surface area contributed by atoms with Crippen molar-refractivity contribution < 1.29 is 27.1 Å². The molecule has 1 atom stereocenters. The lowest BCUT2D eigenvalue weighted by Crippen LogP contribution is -2.16. The molecule has 176 valence electrons. The van der Waals surface area contributed by atoms with Gasteiger partial charge < -0.3 is 19.5 Å². The first-order chi connectivity index (χ1) is 15.8. The minimum atomic E-state index is -3.90. The third-order valence-electron chi connectivity index (χ3n) is 4.40. The first-order valence-electron chi connectivity index (χ1n) is 10.1. The van der Waals surface area contributed by atoms with Crippen LogP contribution in [-0.2, 0) is 23.6 Å². The number of phenols is 1. The topological polar surface area (TPSA) is 140 Å². The maximum atomic E-state index is 13.5. The van der Waals surface area contributed by atoms with E-state index in [-0.39, 0.29) is 29.8 Å². The van der Waals surface area contributed by atoms with Crippen molar-refractivity contribution in [2.75, 3.05) is 23.3 Å². The lowest BCUT2D eigenvalue weighted by molar-refractivity contribution is 0.214. The smallest absolute Gasteiger partial charge is 0.357 e. The van der Waals surface area contributed by atoms with Gasteiger partial charge in [0.25, 0.3) is 10.0 Å². The van der Waals surface area contributed by atoms with Crippen LogP contribution in [0.25, 0.3) is 0 Å². The van der Waals surface area contributed by atoms with Gasteiger partial charge in [0.05, 0.1) is 18.1 Å². The van der Waals surface area contributed by atoms with Crippen molar-refractivity contribution in [1.29, 1.82) is 0 Å². The second kappa shape index (κ2) is 10.8. The molecular weight excluding hydrogens is 467 g/mol. The number of hydrogen-bond acceptors (Lipinski definition) is 9. The van der Waals surface area contributed by atoms with Gasteiger partial charge in [-0.3, -0.25) is 4.57 Å². The van der Waals surface area contributed by atoms with E-state index in [9.17, 15) is 18.1 Å². The summed E-state index contributed by atoms with van der Waals surface area (Å²) < 4.78 is 52.1. The normalized spacial score (nSPS) is 12.8. The van der Waals surface area contributed by atoms with Gasteiger partial charge in [0.2, 0.25) is 5.95 Å². The number of rotatable bonds is 11. The predicted octanol–water partition coefficient (Wildman–Crippen LogP) is 4.36. The van der Waals surface area contributed by atoms with Gasteiger partial charge in [0.15, 0.2) is 5.78 Å². The van der Waals surface area contributed by atoms with E-state index < -0.39 is 23.4 Å². The van der Waals surface area contributed by atoms with Crippen LogP contribution in [-0.4, -0.2) is 36.7 Å². The zero-order chi connectivity index (χ0) is 23.9. The average Bonchev–Trinajstić information content (AvgIpc) is 2.79. The molecule has 0 aliphatic rings. The molecule has 0 bridgehead atoms. The number of nitrogens with zero attached hydrogens (tertiary/aromatic N) is 2. The summed E-state index contributed by atoms with van der Waals surface area (Å²) >= 11 is 0. The highest BCUT2D eigenvalue weighted by atomic mass is 32.2. The van der Waals surface area contributed by atoms with Crippen LogP contribution in [0.3, 0.4) is 0 Å². The molecule has 1 heterocycles. The molecule has 1 aromatic heterocycles. The highest BCUT2D eigenvalue weighted by molar-refractivity contribution is 7.92. The lowest BCUT2D eigenvalue weighted by atomic mass is 10.2. The van der Waals surface area contributed by atoms with E-state index in [1.165, 1.54) is 48.8 Å². The fourth-order valence-corrected chi connectivity index (χ4v) is 5.86. The number of nitrogens with one attached hydrogen (secondary N) is 2. The van der Waals surface area contributed by atoms with Crippen LogP contribution in [0.4, 0.5) is 11.6 Å². The fraction of sp³-hybridized carbons (Fsp3) is 0.238. The first-order valence-corrected chi connectivity index (χ1v) is 13.2. The van der Waals surface area contributed by atoms with Crippen LogP contribution in [0, 0.1) is 0 Å². The molecule has 3 aromatic rings. The predicted molar refractivity (Wildman–Crippen MR) is 125 cm³/mol. The highest BCUT2D eigenvalue weighted by Gasteiger charge is 2.37. The van der Waals surface area contributed by atoms with Crippen molar-refractivity contribution in [1.82, 2.24) is 9.97 Å². The number of phenolic OH excluding ortho intramolecular Hbond substituents is 1. The van der Waals surface area contributed by atoms with Crippen molar-refractivity contribution in [3.05, 3.63) is 72.6 Å². The Bertz CT molecular complexity index is 1180. The monoisotopic (exact) mass is 492 g/mol. The Morgan fingerprint density at radius 1 is 0.970 bits per heavy atom. The summed E-state index contributed by atoms with van der Waals surface area (Å²) in [7, 11) is -7.56. The summed E-state index contributed by atoms with van der Waals surface area (Å²) in [5, 5.41) is 12.7. The van der Waals surface area contributed by atoms with Gasteiger partial charge in [-0.2, -0.15) is 0 Å². The molecule has 0 aliphatic carbocycles. The first kappa shape index (κ1) is 24.7. The van der Waals surface area contributed by atoms with Crippen molar-refractivity contribution in [2.45, 2.75) is 24.5 Å².